The number of fused-ring (bicyclic) bond motifs is 2. The fourth-order valence-electron chi connectivity index (χ4n) is 5.56. The number of carbonyl (C=O) groups excluding carboxylic acids is 5. The molecule has 0 bridgehead atoms. The molecule has 39 heavy (non-hydrogen) atoms. The standard InChI is InChI=1S/C28H32N2O9/c1-12(2)25(36)38-10-11-39-26(37)15-14(9-8-13-20(15)28(13,6)7)30-22(32)17-16(21(31)29-27(3,4)5)19(24(34)35)18(17)23(30)33/h8-9,16-19H,1,10-11H2,2-7H3,(H,29,31)(H,34,35). The highest BCUT2D eigenvalue weighted by Gasteiger charge is 2.70. The van der Waals surface area contributed by atoms with Crippen molar-refractivity contribution in [2.45, 2.75) is 52.5 Å². The molecule has 2 N–H and O–H groups in total. The maximum atomic E-state index is 13.6. The Balaban J connectivity index is 1.64. The molecule has 4 unspecified atom stereocenters. The van der Waals surface area contributed by atoms with Crippen LogP contribution < -0.4 is 10.2 Å². The van der Waals surface area contributed by atoms with Gasteiger partial charge in [-0.3, -0.25) is 19.2 Å². The zero-order valence-electron chi connectivity index (χ0n) is 22.7. The van der Waals surface area contributed by atoms with Gasteiger partial charge < -0.3 is 19.9 Å². The second-order valence-electron chi connectivity index (χ2n) is 11.8. The zero-order chi connectivity index (χ0) is 29.2. The van der Waals surface area contributed by atoms with E-state index in [0.717, 1.165) is 10.5 Å². The number of ether oxygens (including phenoxy) is 2. The molecule has 1 heterocycles. The van der Waals surface area contributed by atoms with Gasteiger partial charge in [0.25, 0.3) is 0 Å². The molecule has 1 aliphatic heterocycles. The maximum Gasteiger partial charge on any atom is 0.340 e. The molecule has 1 saturated carbocycles. The predicted octanol–water partition coefficient (Wildman–Crippen LogP) is 1.95. The van der Waals surface area contributed by atoms with E-state index in [9.17, 15) is 33.9 Å². The molecule has 4 atom stereocenters. The first-order valence-electron chi connectivity index (χ1n) is 12.6. The number of amides is 3. The summed E-state index contributed by atoms with van der Waals surface area (Å²) in [6.07, 6.45) is 0. The van der Waals surface area contributed by atoms with E-state index in [1.165, 1.54) is 13.0 Å². The zero-order valence-corrected chi connectivity index (χ0v) is 22.7. The Labute approximate surface area is 225 Å². The van der Waals surface area contributed by atoms with Gasteiger partial charge in [-0.25, -0.2) is 14.5 Å². The lowest BCUT2D eigenvalue weighted by Crippen LogP contribution is -2.60. The normalized spacial score (nSPS) is 24.2. The minimum atomic E-state index is -1.38. The fraction of sp³-hybridized carbons (Fsp3) is 0.500. The maximum absolute atomic E-state index is 13.6. The van der Waals surface area contributed by atoms with Crippen LogP contribution in [-0.2, 0) is 38.9 Å². The van der Waals surface area contributed by atoms with E-state index in [-0.39, 0.29) is 30.0 Å². The van der Waals surface area contributed by atoms with Gasteiger partial charge >= 0.3 is 17.9 Å². The number of carboxylic acids is 1. The number of carboxylic acid groups (broad SMARTS) is 1. The van der Waals surface area contributed by atoms with E-state index < -0.39 is 70.3 Å². The van der Waals surface area contributed by atoms with Crippen molar-refractivity contribution in [3.63, 3.8) is 0 Å². The molecule has 2 fully saturated rings. The third kappa shape index (κ3) is 4.59. The number of nitrogens with zero attached hydrogens (tertiary/aromatic N) is 1. The van der Waals surface area contributed by atoms with E-state index in [0.29, 0.717) is 5.56 Å². The summed E-state index contributed by atoms with van der Waals surface area (Å²) in [5, 5.41) is 12.5. The van der Waals surface area contributed by atoms with E-state index in [4.69, 9.17) is 9.47 Å². The van der Waals surface area contributed by atoms with Gasteiger partial charge in [0.15, 0.2) is 0 Å². The topological polar surface area (TPSA) is 156 Å². The third-order valence-electron chi connectivity index (χ3n) is 7.41. The van der Waals surface area contributed by atoms with Crippen LogP contribution in [0.1, 0.15) is 63.0 Å². The monoisotopic (exact) mass is 540 g/mol. The Morgan fingerprint density at radius 1 is 1.03 bits per heavy atom. The highest BCUT2D eigenvalue weighted by molar-refractivity contribution is 6.27. The number of nitrogens with one attached hydrogen (secondary N) is 1. The van der Waals surface area contributed by atoms with Gasteiger partial charge in [0.05, 0.1) is 34.9 Å². The van der Waals surface area contributed by atoms with Crippen LogP contribution in [0.25, 0.3) is 0 Å². The summed E-state index contributed by atoms with van der Waals surface area (Å²) in [4.78, 5) is 77.8. The van der Waals surface area contributed by atoms with Crippen molar-refractivity contribution in [3.05, 3.63) is 41.0 Å². The Hall–Kier alpha value is -4.02. The first kappa shape index (κ1) is 28.0. The summed E-state index contributed by atoms with van der Waals surface area (Å²) in [6.45, 7) is 13.4. The van der Waals surface area contributed by atoms with Gasteiger partial charge in [-0.15, -0.1) is 0 Å². The van der Waals surface area contributed by atoms with Crippen molar-refractivity contribution in [2.24, 2.45) is 23.7 Å². The predicted molar refractivity (Wildman–Crippen MR) is 137 cm³/mol. The van der Waals surface area contributed by atoms with E-state index >= 15 is 0 Å². The molecule has 1 saturated heterocycles. The summed E-state index contributed by atoms with van der Waals surface area (Å²) in [7, 11) is 0. The molecule has 0 spiro atoms. The second kappa shape index (κ2) is 9.32. The first-order chi connectivity index (χ1) is 18.0. The molecule has 11 heteroatoms. The van der Waals surface area contributed by atoms with Crippen LogP contribution in [0, 0.1) is 23.7 Å². The lowest BCUT2D eigenvalue weighted by Gasteiger charge is -2.42. The van der Waals surface area contributed by atoms with Gasteiger partial charge in [0, 0.05) is 16.5 Å². The molecule has 208 valence electrons. The summed E-state index contributed by atoms with van der Waals surface area (Å²) in [5.74, 6) is -9.94. The fourth-order valence-corrected chi connectivity index (χ4v) is 5.56. The first-order valence-corrected chi connectivity index (χ1v) is 12.6. The van der Waals surface area contributed by atoms with Crippen molar-refractivity contribution in [1.82, 2.24) is 5.32 Å². The largest absolute Gasteiger partial charge is 0.481 e. The SMILES string of the molecule is C=C(C)C(=O)OCCOC(=O)c1c(N2C(=O)C3C(C(=O)O)C(C(=O)NC(C)(C)C)C3C2=O)ccc2c1C2(C)C. The molecular formula is C28H32N2O9. The molecule has 3 amide bonds. The Bertz CT molecular complexity index is 1340. The van der Waals surface area contributed by atoms with E-state index in [2.05, 4.69) is 11.9 Å². The third-order valence-corrected chi connectivity index (χ3v) is 7.41. The molecule has 0 aromatic heterocycles. The molecule has 0 radical (unpaired) electrons. The van der Waals surface area contributed by atoms with Crippen LogP contribution in [0.4, 0.5) is 5.69 Å². The van der Waals surface area contributed by atoms with Crippen molar-refractivity contribution in [2.75, 3.05) is 18.1 Å². The minimum Gasteiger partial charge on any atom is -0.481 e. The highest BCUT2D eigenvalue weighted by atomic mass is 16.6. The molecule has 2 aliphatic carbocycles. The Kier molecular flexibility index (Phi) is 6.69. The summed E-state index contributed by atoms with van der Waals surface area (Å²) >= 11 is 0. The van der Waals surface area contributed by atoms with Crippen LogP contribution in [0.15, 0.2) is 24.3 Å². The molecule has 1 aromatic rings. The van der Waals surface area contributed by atoms with Crippen LogP contribution in [0.5, 0.6) is 0 Å². The van der Waals surface area contributed by atoms with Crippen molar-refractivity contribution >= 4 is 41.3 Å². The quantitative estimate of drug-likeness (QED) is 0.218. The molecule has 3 aliphatic rings. The van der Waals surface area contributed by atoms with Gasteiger partial charge in [0.2, 0.25) is 17.7 Å². The van der Waals surface area contributed by atoms with Crippen LogP contribution >= 0.6 is 0 Å². The number of anilines is 1. The van der Waals surface area contributed by atoms with Crippen molar-refractivity contribution < 1.29 is 43.3 Å². The van der Waals surface area contributed by atoms with Crippen LogP contribution in [-0.4, -0.2) is 59.5 Å². The molecule has 11 nitrogen and oxygen atoms in total. The van der Waals surface area contributed by atoms with Gasteiger partial charge in [0.1, 0.15) is 13.2 Å². The van der Waals surface area contributed by atoms with Crippen molar-refractivity contribution in [3.8, 4) is 0 Å². The van der Waals surface area contributed by atoms with Gasteiger partial charge in [-0.1, -0.05) is 26.5 Å². The Morgan fingerprint density at radius 3 is 2.13 bits per heavy atom. The van der Waals surface area contributed by atoms with E-state index in [1.807, 2.05) is 13.8 Å². The molecule has 4 rings (SSSR count). The smallest absolute Gasteiger partial charge is 0.340 e. The number of rotatable bonds is 8. The number of carbonyl (C=O) groups is 6. The van der Waals surface area contributed by atoms with Gasteiger partial charge in [-0.2, -0.15) is 0 Å². The number of hydrogen-bond donors (Lipinski definition) is 2. The van der Waals surface area contributed by atoms with Crippen molar-refractivity contribution in [1.29, 1.82) is 0 Å². The van der Waals surface area contributed by atoms with Gasteiger partial charge in [-0.05, 0) is 44.9 Å². The summed E-state index contributed by atoms with van der Waals surface area (Å²) in [5.41, 5.74) is 0.415. The number of imide groups is 1. The lowest BCUT2D eigenvalue weighted by molar-refractivity contribution is -0.168. The number of hydrogen-bond acceptors (Lipinski definition) is 8. The molecule has 1 aromatic carbocycles. The average molecular weight is 541 g/mol. The Morgan fingerprint density at radius 2 is 1.59 bits per heavy atom. The number of esters is 2. The second-order valence-corrected chi connectivity index (χ2v) is 11.8. The summed E-state index contributed by atoms with van der Waals surface area (Å²) in [6, 6.07) is 3.17. The molecular weight excluding hydrogens is 508 g/mol. The highest BCUT2D eigenvalue weighted by Crippen LogP contribution is 2.57. The van der Waals surface area contributed by atoms with E-state index in [1.54, 1.807) is 26.8 Å². The average Bonchev–Trinajstić information content (AvgIpc) is 3.27. The lowest BCUT2D eigenvalue weighted by atomic mass is 9.57. The minimum absolute atomic E-state index is 0.00861. The van der Waals surface area contributed by atoms with Crippen LogP contribution in [0.2, 0.25) is 0 Å². The number of aliphatic carboxylic acids is 1. The number of benzene rings is 1. The summed E-state index contributed by atoms with van der Waals surface area (Å²) < 4.78 is 10.3. The van der Waals surface area contributed by atoms with Crippen LogP contribution in [0.3, 0.4) is 0 Å².